The van der Waals surface area contributed by atoms with E-state index < -0.39 is 10.7 Å². The summed E-state index contributed by atoms with van der Waals surface area (Å²) in [5, 5.41) is 20.1. The number of aliphatic hydroxyl groups is 1. The standard InChI is InChI=1S/C14H19N5O4S/c1-2-6-23-13(22)14(4-3-5-18-9-15-16-17-18)8-19-11(21)10(7-20)12(19)24-14/h2,9-10,12,20H,1,3-8H2/t10-,12+,14?/m0/s1. The summed E-state index contributed by atoms with van der Waals surface area (Å²) >= 11 is 1.42. The molecule has 1 unspecified atom stereocenters. The van der Waals surface area contributed by atoms with Crippen molar-refractivity contribution in [2.24, 2.45) is 5.92 Å². The molecule has 0 aliphatic carbocycles. The van der Waals surface area contributed by atoms with Gasteiger partial charge in [-0.1, -0.05) is 12.7 Å². The number of fused-ring (bicyclic) bond motifs is 1. The lowest BCUT2D eigenvalue weighted by molar-refractivity contribution is -0.153. The minimum Gasteiger partial charge on any atom is -0.460 e. The second-order valence-corrected chi connectivity index (χ2v) is 7.32. The largest absolute Gasteiger partial charge is 0.460 e. The van der Waals surface area contributed by atoms with Crippen LogP contribution in [-0.2, 0) is 20.9 Å². The molecule has 130 valence electrons. The van der Waals surface area contributed by atoms with Gasteiger partial charge in [-0.3, -0.25) is 9.59 Å². The average molecular weight is 353 g/mol. The van der Waals surface area contributed by atoms with Crippen LogP contribution in [0.1, 0.15) is 12.8 Å². The highest BCUT2D eigenvalue weighted by Gasteiger charge is 2.61. The number of aliphatic hydroxyl groups excluding tert-OH is 1. The van der Waals surface area contributed by atoms with E-state index in [1.807, 2.05) is 0 Å². The Morgan fingerprint density at radius 3 is 3.12 bits per heavy atom. The topological polar surface area (TPSA) is 110 Å². The summed E-state index contributed by atoms with van der Waals surface area (Å²) in [4.78, 5) is 26.3. The Kier molecular flexibility index (Phi) is 4.86. The van der Waals surface area contributed by atoms with Crippen molar-refractivity contribution in [2.45, 2.75) is 29.5 Å². The van der Waals surface area contributed by atoms with E-state index in [9.17, 15) is 14.7 Å². The lowest BCUT2D eigenvalue weighted by Gasteiger charge is -2.40. The maximum atomic E-state index is 12.6. The molecule has 0 radical (unpaired) electrons. The number of esters is 1. The summed E-state index contributed by atoms with van der Waals surface area (Å²) in [5.41, 5.74) is 0. The predicted octanol–water partition coefficient (Wildman–Crippen LogP) is -0.555. The zero-order valence-corrected chi connectivity index (χ0v) is 13.9. The fourth-order valence-corrected chi connectivity index (χ4v) is 4.81. The second kappa shape index (κ2) is 6.89. The Morgan fingerprint density at radius 2 is 2.46 bits per heavy atom. The van der Waals surface area contributed by atoms with E-state index in [1.54, 1.807) is 9.58 Å². The summed E-state index contributed by atoms with van der Waals surface area (Å²) in [6.45, 7) is 4.37. The Hall–Kier alpha value is -1.94. The normalized spacial score (nSPS) is 28.4. The molecule has 3 rings (SSSR count). The van der Waals surface area contributed by atoms with Crippen LogP contribution in [0.3, 0.4) is 0 Å². The van der Waals surface area contributed by atoms with E-state index in [1.165, 1.54) is 24.2 Å². The quantitative estimate of drug-likeness (QED) is 0.376. The van der Waals surface area contributed by atoms with Crippen molar-refractivity contribution >= 4 is 23.6 Å². The third-order valence-electron chi connectivity index (χ3n) is 4.28. The van der Waals surface area contributed by atoms with Gasteiger partial charge in [0.1, 0.15) is 17.7 Å². The van der Waals surface area contributed by atoms with E-state index in [-0.39, 0.29) is 30.5 Å². The van der Waals surface area contributed by atoms with Crippen LogP contribution in [0.15, 0.2) is 19.0 Å². The molecule has 3 atom stereocenters. The first-order valence-electron chi connectivity index (χ1n) is 7.69. The van der Waals surface area contributed by atoms with Crippen molar-refractivity contribution in [3.8, 4) is 0 Å². The number of carbonyl (C=O) groups excluding carboxylic acids is 2. The van der Waals surface area contributed by atoms with Gasteiger partial charge >= 0.3 is 5.97 Å². The zero-order valence-electron chi connectivity index (χ0n) is 13.1. The number of rotatable bonds is 8. The first-order chi connectivity index (χ1) is 11.6. The lowest BCUT2D eigenvalue weighted by Crippen LogP contribution is -2.58. The molecular weight excluding hydrogens is 334 g/mol. The number of thioether (sulfide) groups is 1. The first kappa shape index (κ1) is 16.9. The molecule has 1 aromatic heterocycles. The van der Waals surface area contributed by atoms with E-state index in [0.29, 0.717) is 25.9 Å². The van der Waals surface area contributed by atoms with Gasteiger partial charge in [-0.25, -0.2) is 4.68 Å². The van der Waals surface area contributed by atoms with Gasteiger partial charge in [-0.2, -0.15) is 0 Å². The minimum atomic E-state index is -0.818. The van der Waals surface area contributed by atoms with Crippen LogP contribution in [0.25, 0.3) is 0 Å². The number of tetrazole rings is 1. The van der Waals surface area contributed by atoms with Gasteiger partial charge in [0.15, 0.2) is 0 Å². The molecule has 1 amide bonds. The van der Waals surface area contributed by atoms with E-state index in [4.69, 9.17) is 4.74 Å². The van der Waals surface area contributed by atoms with E-state index in [2.05, 4.69) is 22.1 Å². The van der Waals surface area contributed by atoms with E-state index >= 15 is 0 Å². The summed E-state index contributed by atoms with van der Waals surface area (Å²) in [6.07, 6.45) is 4.23. The fraction of sp³-hybridized carbons (Fsp3) is 0.643. The fourth-order valence-electron chi connectivity index (χ4n) is 3.05. The summed E-state index contributed by atoms with van der Waals surface area (Å²) in [6, 6.07) is 0. The molecule has 10 heteroatoms. The number of aryl methyl sites for hydroxylation is 1. The summed E-state index contributed by atoms with van der Waals surface area (Å²) in [5.74, 6) is -0.875. The summed E-state index contributed by atoms with van der Waals surface area (Å²) in [7, 11) is 0. The molecular formula is C14H19N5O4S. The molecule has 24 heavy (non-hydrogen) atoms. The third kappa shape index (κ3) is 2.91. The van der Waals surface area contributed by atoms with Crippen molar-refractivity contribution in [3.05, 3.63) is 19.0 Å². The highest BCUT2D eigenvalue weighted by Crippen LogP contribution is 2.51. The smallest absolute Gasteiger partial charge is 0.324 e. The first-order valence-corrected chi connectivity index (χ1v) is 8.57. The number of nitrogens with zero attached hydrogens (tertiary/aromatic N) is 5. The van der Waals surface area contributed by atoms with Gasteiger partial charge in [0.05, 0.1) is 17.9 Å². The molecule has 2 fully saturated rings. The molecule has 0 spiro atoms. The molecule has 0 saturated carbocycles. The molecule has 2 saturated heterocycles. The second-order valence-electron chi connectivity index (χ2n) is 5.82. The lowest BCUT2D eigenvalue weighted by atomic mass is 9.95. The van der Waals surface area contributed by atoms with Crippen molar-refractivity contribution in [2.75, 3.05) is 19.8 Å². The number of ether oxygens (including phenoxy) is 1. The number of carbonyl (C=O) groups is 2. The minimum absolute atomic E-state index is 0.103. The highest BCUT2D eigenvalue weighted by atomic mass is 32.2. The summed E-state index contributed by atoms with van der Waals surface area (Å²) < 4.78 is 6.05. The van der Waals surface area contributed by atoms with Gasteiger partial charge in [-0.15, -0.1) is 16.9 Å². The van der Waals surface area contributed by atoms with Crippen LogP contribution in [0.5, 0.6) is 0 Å². The van der Waals surface area contributed by atoms with Crippen molar-refractivity contribution in [1.29, 1.82) is 0 Å². The monoisotopic (exact) mass is 353 g/mol. The molecule has 2 aliphatic rings. The van der Waals surface area contributed by atoms with Crippen LogP contribution in [0, 0.1) is 5.92 Å². The van der Waals surface area contributed by atoms with Crippen molar-refractivity contribution in [3.63, 3.8) is 0 Å². The highest BCUT2D eigenvalue weighted by molar-refractivity contribution is 8.02. The van der Waals surface area contributed by atoms with Crippen molar-refractivity contribution < 1.29 is 19.4 Å². The Labute approximate surface area is 143 Å². The van der Waals surface area contributed by atoms with Crippen LogP contribution >= 0.6 is 11.8 Å². The van der Waals surface area contributed by atoms with Crippen molar-refractivity contribution in [1.82, 2.24) is 25.1 Å². The van der Waals surface area contributed by atoms with Crippen LogP contribution in [0.4, 0.5) is 0 Å². The molecule has 0 aromatic carbocycles. The van der Waals surface area contributed by atoms with Gasteiger partial charge in [0, 0.05) is 13.1 Å². The number of hydrogen-bond acceptors (Lipinski definition) is 8. The Bertz CT molecular complexity index is 625. The van der Waals surface area contributed by atoms with Crippen LogP contribution < -0.4 is 0 Å². The van der Waals surface area contributed by atoms with Crippen LogP contribution in [0.2, 0.25) is 0 Å². The van der Waals surface area contributed by atoms with Gasteiger partial charge < -0.3 is 14.7 Å². The molecule has 0 bridgehead atoms. The number of hydrogen-bond donors (Lipinski definition) is 1. The SMILES string of the molecule is C=CCOC(=O)C1(CCCn2cnnn2)CN2C(=O)[C@H](CO)[C@H]2S1. The number of amides is 1. The van der Waals surface area contributed by atoms with E-state index in [0.717, 1.165) is 0 Å². The van der Waals surface area contributed by atoms with Crippen LogP contribution in [-0.4, -0.2) is 72.0 Å². The van der Waals surface area contributed by atoms with Gasteiger partial charge in [0.25, 0.3) is 0 Å². The maximum Gasteiger partial charge on any atom is 0.324 e. The molecule has 1 aromatic rings. The molecule has 9 nitrogen and oxygen atoms in total. The Balaban J connectivity index is 1.69. The molecule has 2 aliphatic heterocycles. The third-order valence-corrected chi connectivity index (χ3v) is 6.06. The number of β-lactam (4-membered cyclic amide) rings is 1. The zero-order chi connectivity index (χ0) is 17.2. The number of aromatic nitrogens is 4. The average Bonchev–Trinajstić information content (AvgIpc) is 3.20. The maximum absolute atomic E-state index is 12.6. The van der Waals surface area contributed by atoms with Gasteiger partial charge in [0.2, 0.25) is 5.91 Å². The van der Waals surface area contributed by atoms with Gasteiger partial charge in [-0.05, 0) is 23.3 Å². The molecule has 3 heterocycles. The Morgan fingerprint density at radius 1 is 1.62 bits per heavy atom. The predicted molar refractivity (Wildman–Crippen MR) is 84.6 cm³/mol. The molecule has 1 N–H and O–H groups in total.